The molecule has 0 aliphatic carbocycles. The highest BCUT2D eigenvalue weighted by atomic mass is 35.5. The van der Waals surface area contributed by atoms with E-state index in [2.05, 4.69) is 10.3 Å². The molecular weight excluding hydrogens is 286 g/mol. The summed E-state index contributed by atoms with van der Waals surface area (Å²) in [6, 6.07) is 6.60. The van der Waals surface area contributed by atoms with Crippen LogP contribution in [0, 0.1) is 5.82 Å². The molecule has 0 aliphatic heterocycles. The van der Waals surface area contributed by atoms with Gasteiger partial charge in [0.1, 0.15) is 5.82 Å². The van der Waals surface area contributed by atoms with E-state index < -0.39 is 5.82 Å². The fourth-order valence-corrected chi connectivity index (χ4v) is 2.42. The maximum Gasteiger partial charge on any atom is 0.142 e. The van der Waals surface area contributed by atoms with Crippen LogP contribution in [-0.4, -0.2) is 12.0 Å². The first kappa shape index (κ1) is 14.3. The molecule has 2 rings (SSSR count). The van der Waals surface area contributed by atoms with Gasteiger partial charge in [0.05, 0.1) is 10.0 Å². The summed E-state index contributed by atoms with van der Waals surface area (Å²) in [5.41, 5.74) is 1.66. The maximum atomic E-state index is 13.4. The van der Waals surface area contributed by atoms with E-state index >= 15 is 0 Å². The Morgan fingerprint density at radius 3 is 2.79 bits per heavy atom. The van der Waals surface area contributed by atoms with Gasteiger partial charge in [-0.3, -0.25) is 4.98 Å². The van der Waals surface area contributed by atoms with Crippen LogP contribution in [0.5, 0.6) is 0 Å². The Hall–Kier alpha value is -1.16. The minimum Gasteiger partial charge on any atom is -0.313 e. The molecule has 2 nitrogen and oxygen atoms in total. The van der Waals surface area contributed by atoms with Crippen LogP contribution in [0.25, 0.3) is 0 Å². The van der Waals surface area contributed by atoms with Gasteiger partial charge in [-0.2, -0.15) is 0 Å². The van der Waals surface area contributed by atoms with Crippen LogP contribution in [0.1, 0.15) is 17.2 Å². The highest BCUT2D eigenvalue weighted by molar-refractivity contribution is 6.31. The zero-order valence-electron chi connectivity index (χ0n) is 10.3. The van der Waals surface area contributed by atoms with Crippen LogP contribution in [0.4, 0.5) is 4.39 Å². The third kappa shape index (κ3) is 3.24. The molecule has 1 N–H and O–H groups in total. The minimum atomic E-state index is -0.408. The van der Waals surface area contributed by atoms with E-state index in [9.17, 15) is 4.39 Å². The highest BCUT2D eigenvalue weighted by Crippen LogP contribution is 2.28. The Bertz CT molecular complexity index is 575. The summed E-state index contributed by atoms with van der Waals surface area (Å²) < 4.78 is 13.4. The van der Waals surface area contributed by atoms with Crippen molar-refractivity contribution >= 4 is 23.2 Å². The Kier molecular flexibility index (Phi) is 4.75. The van der Waals surface area contributed by atoms with E-state index in [1.165, 1.54) is 6.07 Å². The van der Waals surface area contributed by atoms with Gasteiger partial charge >= 0.3 is 0 Å². The lowest BCUT2D eigenvalue weighted by Crippen LogP contribution is -2.19. The summed E-state index contributed by atoms with van der Waals surface area (Å²) in [5.74, 6) is -0.408. The van der Waals surface area contributed by atoms with Crippen LogP contribution in [-0.2, 0) is 6.42 Å². The van der Waals surface area contributed by atoms with Crippen molar-refractivity contribution in [2.45, 2.75) is 12.5 Å². The Morgan fingerprint density at radius 2 is 2.11 bits per heavy atom. The van der Waals surface area contributed by atoms with Crippen LogP contribution in [0.15, 0.2) is 36.7 Å². The first-order valence-electron chi connectivity index (χ1n) is 5.83. The number of likely N-dealkylation sites (N-methyl/N-ethyl adjacent to an activating group) is 1. The molecule has 19 heavy (non-hydrogen) atoms. The third-order valence-electron chi connectivity index (χ3n) is 2.98. The van der Waals surface area contributed by atoms with Gasteiger partial charge in [-0.25, -0.2) is 4.39 Å². The van der Waals surface area contributed by atoms with Crippen LogP contribution < -0.4 is 5.32 Å². The largest absolute Gasteiger partial charge is 0.313 e. The number of nitrogens with zero attached hydrogens (tertiary/aromatic N) is 1. The predicted octanol–water partition coefficient (Wildman–Crippen LogP) is 4.03. The molecule has 1 atom stereocenters. The molecule has 0 amide bonds. The molecule has 0 radical (unpaired) electrons. The minimum absolute atomic E-state index is 0.0465. The van der Waals surface area contributed by atoms with E-state index in [-0.39, 0.29) is 11.1 Å². The van der Waals surface area contributed by atoms with Crippen LogP contribution >= 0.6 is 23.2 Å². The summed E-state index contributed by atoms with van der Waals surface area (Å²) in [6.45, 7) is 0. The molecule has 1 heterocycles. The molecule has 5 heteroatoms. The predicted molar refractivity (Wildman–Crippen MR) is 76.2 cm³/mol. The molecule has 1 unspecified atom stereocenters. The molecule has 1 aromatic heterocycles. The standard InChI is InChI=1S/C14H13Cl2FN2/c1-18-13(10-5-6-19-8-11(10)15)7-9-3-2-4-12(17)14(9)16/h2-6,8,13,18H,7H2,1H3. The quantitative estimate of drug-likeness (QED) is 0.922. The Morgan fingerprint density at radius 1 is 1.32 bits per heavy atom. The second-order valence-electron chi connectivity index (χ2n) is 4.16. The molecule has 2 aromatic rings. The summed E-state index contributed by atoms with van der Waals surface area (Å²) in [7, 11) is 1.83. The third-order valence-corrected chi connectivity index (χ3v) is 3.72. The van der Waals surface area contributed by atoms with Crippen molar-refractivity contribution in [2.24, 2.45) is 0 Å². The molecule has 0 spiro atoms. The van der Waals surface area contributed by atoms with Gasteiger partial charge in [0, 0.05) is 18.4 Å². The number of halogens is 3. The zero-order chi connectivity index (χ0) is 13.8. The lowest BCUT2D eigenvalue weighted by atomic mass is 9.99. The number of benzene rings is 1. The molecule has 0 saturated heterocycles. The second-order valence-corrected chi connectivity index (χ2v) is 4.94. The van der Waals surface area contributed by atoms with E-state index in [0.29, 0.717) is 11.4 Å². The van der Waals surface area contributed by atoms with Gasteiger partial charge in [0.25, 0.3) is 0 Å². The van der Waals surface area contributed by atoms with E-state index in [1.54, 1.807) is 18.5 Å². The number of hydrogen-bond donors (Lipinski definition) is 1. The number of nitrogens with one attached hydrogen (secondary N) is 1. The van der Waals surface area contributed by atoms with Crippen molar-refractivity contribution in [2.75, 3.05) is 7.05 Å². The van der Waals surface area contributed by atoms with E-state index in [0.717, 1.165) is 11.1 Å². The van der Waals surface area contributed by atoms with E-state index in [4.69, 9.17) is 23.2 Å². The molecule has 1 aromatic carbocycles. The van der Waals surface area contributed by atoms with Crippen molar-refractivity contribution in [3.05, 3.63) is 63.6 Å². The highest BCUT2D eigenvalue weighted by Gasteiger charge is 2.16. The average Bonchev–Trinajstić information content (AvgIpc) is 2.41. The van der Waals surface area contributed by atoms with Crippen molar-refractivity contribution in [3.63, 3.8) is 0 Å². The Labute approximate surface area is 121 Å². The molecule has 0 bridgehead atoms. The maximum absolute atomic E-state index is 13.4. The van der Waals surface area contributed by atoms with Crippen molar-refractivity contribution in [1.82, 2.24) is 10.3 Å². The second kappa shape index (κ2) is 6.33. The van der Waals surface area contributed by atoms with Gasteiger partial charge in [-0.15, -0.1) is 0 Å². The van der Waals surface area contributed by atoms with Crippen molar-refractivity contribution < 1.29 is 4.39 Å². The first-order valence-corrected chi connectivity index (χ1v) is 6.58. The Balaban J connectivity index is 2.30. The lowest BCUT2D eigenvalue weighted by Gasteiger charge is -2.18. The summed E-state index contributed by atoms with van der Waals surface area (Å²) in [5, 5.41) is 3.90. The number of pyridine rings is 1. The van der Waals surface area contributed by atoms with Gasteiger partial charge in [-0.05, 0) is 36.7 Å². The van der Waals surface area contributed by atoms with Gasteiger partial charge in [0.15, 0.2) is 0 Å². The number of aromatic nitrogens is 1. The SMILES string of the molecule is CNC(Cc1cccc(F)c1Cl)c1ccncc1Cl. The smallest absolute Gasteiger partial charge is 0.142 e. The molecule has 0 saturated carbocycles. The molecular formula is C14H13Cl2FN2. The van der Waals surface area contributed by atoms with Gasteiger partial charge < -0.3 is 5.32 Å². The van der Waals surface area contributed by atoms with Gasteiger partial charge in [-0.1, -0.05) is 35.3 Å². The average molecular weight is 299 g/mol. The lowest BCUT2D eigenvalue weighted by molar-refractivity contribution is 0.584. The fraction of sp³-hybridized carbons (Fsp3) is 0.214. The summed E-state index contributed by atoms with van der Waals surface area (Å²) >= 11 is 12.1. The van der Waals surface area contributed by atoms with Gasteiger partial charge in [0.2, 0.25) is 0 Å². The monoisotopic (exact) mass is 298 g/mol. The molecule has 100 valence electrons. The van der Waals surface area contributed by atoms with Crippen LogP contribution in [0.2, 0.25) is 10.0 Å². The molecule has 0 aliphatic rings. The number of rotatable bonds is 4. The van der Waals surface area contributed by atoms with Crippen LogP contribution in [0.3, 0.4) is 0 Å². The van der Waals surface area contributed by atoms with E-state index in [1.807, 2.05) is 19.2 Å². The van der Waals surface area contributed by atoms with Crippen molar-refractivity contribution in [1.29, 1.82) is 0 Å². The molecule has 0 fully saturated rings. The number of hydrogen-bond acceptors (Lipinski definition) is 2. The first-order chi connectivity index (χ1) is 9.13. The summed E-state index contributed by atoms with van der Waals surface area (Å²) in [6.07, 6.45) is 3.82. The van der Waals surface area contributed by atoms with Crippen molar-refractivity contribution in [3.8, 4) is 0 Å². The topological polar surface area (TPSA) is 24.9 Å². The zero-order valence-corrected chi connectivity index (χ0v) is 11.8. The fourth-order valence-electron chi connectivity index (χ4n) is 1.96. The normalized spacial score (nSPS) is 12.4. The summed E-state index contributed by atoms with van der Waals surface area (Å²) in [4.78, 5) is 3.95.